The Kier molecular flexibility index (Phi) is 5.45. The van der Waals surface area contributed by atoms with Crippen molar-refractivity contribution >= 4 is 23.3 Å². The van der Waals surface area contributed by atoms with Crippen LogP contribution in [0.2, 0.25) is 0 Å². The molecule has 8 nitrogen and oxygen atoms in total. The van der Waals surface area contributed by atoms with E-state index in [9.17, 15) is 24.1 Å². The van der Waals surface area contributed by atoms with Gasteiger partial charge in [-0.1, -0.05) is 0 Å². The van der Waals surface area contributed by atoms with Crippen LogP contribution in [0.5, 0.6) is 0 Å². The highest BCUT2D eigenvalue weighted by Gasteiger charge is 2.16. The van der Waals surface area contributed by atoms with E-state index < -0.39 is 29.2 Å². The van der Waals surface area contributed by atoms with Crippen LogP contribution in [-0.2, 0) is 9.53 Å². The van der Waals surface area contributed by atoms with E-state index in [-0.39, 0.29) is 11.4 Å². The Balaban J connectivity index is 1.57. The number of carbonyl (C=O) groups is 2. The Labute approximate surface area is 157 Å². The Morgan fingerprint density at radius 3 is 2.36 bits per heavy atom. The van der Waals surface area contributed by atoms with Crippen LogP contribution >= 0.6 is 0 Å². The van der Waals surface area contributed by atoms with E-state index in [1.165, 1.54) is 60.7 Å². The first-order chi connectivity index (χ1) is 13.4. The second-order valence-corrected chi connectivity index (χ2v) is 5.60. The van der Waals surface area contributed by atoms with Gasteiger partial charge in [0, 0.05) is 23.4 Å². The van der Waals surface area contributed by atoms with Crippen molar-refractivity contribution in [3.05, 3.63) is 82.4 Å². The third-order valence-electron chi connectivity index (χ3n) is 3.63. The first kappa shape index (κ1) is 18.8. The lowest BCUT2D eigenvalue weighted by Crippen LogP contribution is -2.20. The second-order valence-electron chi connectivity index (χ2n) is 5.60. The molecule has 0 bridgehead atoms. The minimum Gasteiger partial charge on any atom is -0.450 e. The molecule has 142 valence electrons. The Bertz CT molecular complexity index is 1010. The summed E-state index contributed by atoms with van der Waals surface area (Å²) in [5.74, 6) is -1.68. The molecule has 1 heterocycles. The van der Waals surface area contributed by atoms with Crippen LogP contribution in [0.25, 0.3) is 11.3 Å². The average molecular weight is 384 g/mol. The third kappa shape index (κ3) is 4.58. The Morgan fingerprint density at radius 2 is 1.71 bits per heavy atom. The molecule has 0 atom stereocenters. The summed E-state index contributed by atoms with van der Waals surface area (Å²) in [5, 5.41) is 13.1. The lowest BCUT2D eigenvalue weighted by Gasteiger charge is -2.05. The molecule has 0 aliphatic carbocycles. The smallest absolute Gasteiger partial charge is 0.374 e. The first-order valence-corrected chi connectivity index (χ1v) is 7.99. The molecule has 0 saturated carbocycles. The Hall–Kier alpha value is -4.01. The summed E-state index contributed by atoms with van der Waals surface area (Å²) in [6, 6.07) is 13.6. The quantitative estimate of drug-likeness (QED) is 0.393. The van der Waals surface area contributed by atoms with Crippen molar-refractivity contribution in [2.75, 3.05) is 11.9 Å². The summed E-state index contributed by atoms with van der Waals surface area (Å²) in [6.07, 6.45) is 0. The highest BCUT2D eigenvalue weighted by atomic mass is 19.1. The van der Waals surface area contributed by atoms with Crippen molar-refractivity contribution < 1.29 is 28.1 Å². The van der Waals surface area contributed by atoms with Gasteiger partial charge in [0.2, 0.25) is 5.76 Å². The molecule has 0 aliphatic rings. The number of halogens is 1. The molecule has 2 aromatic carbocycles. The number of rotatable bonds is 6. The maximum absolute atomic E-state index is 12.8. The average Bonchev–Trinajstić information content (AvgIpc) is 3.18. The number of nitrogens with one attached hydrogen (secondary N) is 1. The van der Waals surface area contributed by atoms with E-state index in [0.29, 0.717) is 17.0 Å². The highest BCUT2D eigenvalue weighted by molar-refractivity contribution is 5.94. The maximum Gasteiger partial charge on any atom is 0.374 e. The molecule has 1 N–H and O–H groups in total. The summed E-state index contributed by atoms with van der Waals surface area (Å²) in [7, 11) is 0. The number of nitrogens with zero attached hydrogens (tertiary/aromatic N) is 1. The molecule has 0 unspecified atom stereocenters. The van der Waals surface area contributed by atoms with Crippen molar-refractivity contribution in [2.24, 2.45) is 0 Å². The number of carbonyl (C=O) groups excluding carboxylic acids is 2. The minimum atomic E-state index is -0.845. The molecule has 1 aromatic heterocycles. The molecule has 1 amide bonds. The summed E-state index contributed by atoms with van der Waals surface area (Å²) < 4.78 is 23.1. The predicted octanol–water partition coefficient (Wildman–Crippen LogP) is 3.79. The largest absolute Gasteiger partial charge is 0.450 e. The molecule has 0 fully saturated rings. The van der Waals surface area contributed by atoms with Crippen molar-refractivity contribution in [2.45, 2.75) is 0 Å². The fourth-order valence-electron chi connectivity index (χ4n) is 2.28. The van der Waals surface area contributed by atoms with Gasteiger partial charge in [-0.25, -0.2) is 9.18 Å². The number of hydrogen-bond donors (Lipinski definition) is 1. The van der Waals surface area contributed by atoms with Crippen molar-refractivity contribution in [1.82, 2.24) is 0 Å². The lowest BCUT2D eigenvalue weighted by molar-refractivity contribution is -0.384. The van der Waals surface area contributed by atoms with Gasteiger partial charge in [-0.2, -0.15) is 0 Å². The number of amides is 1. The van der Waals surface area contributed by atoms with E-state index in [1.807, 2.05) is 0 Å². The molecule has 0 saturated heterocycles. The number of furan rings is 1. The van der Waals surface area contributed by atoms with Crippen LogP contribution in [0.4, 0.5) is 15.8 Å². The van der Waals surface area contributed by atoms with Crippen LogP contribution in [0.3, 0.4) is 0 Å². The summed E-state index contributed by atoms with van der Waals surface area (Å²) >= 11 is 0. The SMILES string of the molecule is O=C(COC(=O)c1ccc(-c2ccc([N+](=O)[O-])cc2)o1)Nc1ccc(F)cc1. The van der Waals surface area contributed by atoms with Crippen LogP contribution in [-0.4, -0.2) is 23.4 Å². The number of hydrogen-bond acceptors (Lipinski definition) is 6. The monoisotopic (exact) mass is 384 g/mol. The molecular formula is C19H13FN2O6. The predicted molar refractivity (Wildman–Crippen MR) is 96.1 cm³/mol. The molecule has 0 radical (unpaired) electrons. The van der Waals surface area contributed by atoms with Gasteiger partial charge < -0.3 is 14.5 Å². The van der Waals surface area contributed by atoms with Gasteiger partial charge in [-0.15, -0.1) is 0 Å². The number of non-ortho nitro benzene ring substituents is 1. The van der Waals surface area contributed by atoms with E-state index in [4.69, 9.17) is 9.15 Å². The lowest BCUT2D eigenvalue weighted by atomic mass is 10.1. The molecule has 3 rings (SSSR count). The molecule has 3 aromatic rings. The van der Waals surface area contributed by atoms with E-state index >= 15 is 0 Å². The number of esters is 1. The molecule has 0 aliphatic heterocycles. The van der Waals surface area contributed by atoms with Gasteiger partial charge in [0.25, 0.3) is 11.6 Å². The van der Waals surface area contributed by atoms with E-state index in [1.54, 1.807) is 0 Å². The fourth-order valence-corrected chi connectivity index (χ4v) is 2.28. The van der Waals surface area contributed by atoms with E-state index in [2.05, 4.69) is 5.32 Å². The first-order valence-electron chi connectivity index (χ1n) is 7.99. The molecule has 9 heteroatoms. The zero-order chi connectivity index (χ0) is 20.1. The van der Waals surface area contributed by atoms with Crippen molar-refractivity contribution in [3.63, 3.8) is 0 Å². The number of nitro groups is 1. The summed E-state index contributed by atoms with van der Waals surface area (Å²) in [4.78, 5) is 33.9. The standard InChI is InChI=1S/C19H13FN2O6/c20-13-3-5-14(6-4-13)21-18(23)11-27-19(24)17-10-9-16(28-17)12-1-7-15(8-2-12)22(25)26/h1-10H,11H2,(H,21,23). The number of anilines is 1. The highest BCUT2D eigenvalue weighted by Crippen LogP contribution is 2.24. The number of ether oxygens (including phenoxy) is 1. The van der Waals surface area contributed by atoms with Crippen LogP contribution < -0.4 is 5.32 Å². The van der Waals surface area contributed by atoms with Crippen LogP contribution in [0, 0.1) is 15.9 Å². The molecular weight excluding hydrogens is 371 g/mol. The maximum atomic E-state index is 12.8. The van der Waals surface area contributed by atoms with Gasteiger partial charge >= 0.3 is 5.97 Å². The third-order valence-corrected chi connectivity index (χ3v) is 3.63. The molecule has 0 spiro atoms. The summed E-state index contributed by atoms with van der Waals surface area (Å²) in [6.45, 7) is -0.552. The van der Waals surface area contributed by atoms with Gasteiger partial charge in [0.15, 0.2) is 6.61 Å². The normalized spacial score (nSPS) is 10.3. The van der Waals surface area contributed by atoms with Crippen molar-refractivity contribution in [3.8, 4) is 11.3 Å². The van der Waals surface area contributed by atoms with E-state index in [0.717, 1.165) is 0 Å². The van der Waals surface area contributed by atoms with Crippen LogP contribution in [0.15, 0.2) is 65.1 Å². The van der Waals surface area contributed by atoms with Gasteiger partial charge in [0.05, 0.1) is 4.92 Å². The number of nitro benzene ring substituents is 1. The van der Waals surface area contributed by atoms with Gasteiger partial charge in [-0.05, 0) is 48.5 Å². The second kappa shape index (κ2) is 8.12. The van der Waals surface area contributed by atoms with Gasteiger partial charge in [0.1, 0.15) is 11.6 Å². The zero-order valence-corrected chi connectivity index (χ0v) is 14.3. The van der Waals surface area contributed by atoms with Crippen molar-refractivity contribution in [1.29, 1.82) is 0 Å². The number of benzene rings is 2. The minimum absolute atomic E-state index is 0.0675. The Morgan fingerprint density at radius 1 is 1.04 bits per heavy atom. The summed E-state index contributed by atoms with van der Waals surface area (Å²) in [5.41, 5.74) is 0.835. The zero-order valence-electron chi connectivity index (χ0n) is 14.3. The van der Waals surface area contributed by atoms with Crippen LogP contribution in [0.1, 0.15) is 10.6 Å². The topological polar surface area (TPSA) is 112 Å². The molecule has 28 heavy (non-hydrogen) atoms. The fraction of sp³-hybridized carbons (Fsp3) is 0.0526. The van der Waals surface area contributed by atoms with Gasteiger partial charge in [-0.3, -0.25) is 14.9 Å².